The number of aromatic nitrogens is 1. The van der Waals surface area contributed by atoms with Gasteiger partial charge < -0.3 is 23.9 Å². The molecule has 0 saturated carbocycles. The lowest BCUT2D eigenvalue weighted by atomic mass is 10.0. The topological polar surface area (TPSA) is 69.8 Å². The molecule has 0 fully saturated rings. The molecule has 6 heteroatoms. The molecule has 0 bridgehead atoms. The van der Waals surface area contributed by atoms with Gasteiger partial charge in [0, 0.05) is 16.5 Å². The maximum atomic E-state index is 12.5. The van der Waals surface area contributed by atoms with Gasteiger partial charge in [0.05, 0.1) is 13.2 Å². The molecule has 2 aromatic carbocycles. The zero-order valence-corrected chi connectivity index (χ0v) is 14.6. The molecule has 0 spiro atoms. The predicted octanol–water partition coefficient (Wildman–Crippen LogP) is 4.14. The zero-order valence-electron chi connectivity index (χ0n) is 14.6. The van der Waals surface area contributed by atoms with Crippen LogP contribution in [0.5, 0.6) is 17.2 Å². The Morgan fingerprint density at radius 2 is 1.92 bits per heavy atom. The highest BCUT2D eigenvalue weighted by Gasteiger charge is 2.23. The van der Waals surface area contributed by atoms with Crippen LogP contribution in [0.4, 0.5) is 0 Å². The zero-order chi connectivity index (χ0) is 18.1. The number of esters is 1. The third-order valence-electron chi connectivity index (χ3n) is 4.22. The monoisotopic (exact) mass is 353 g/mol. The van der Waals surface area contributed by atoms with E-state index in [4.69, 9.17) is 18.9 Å². The van der Waals surface area contributed by atoms with Crippen molar-refractivity contribution in [1.82, 2.24) is 4.98 Å². The fourth-order valence-corrected chi connectivity index (χ4v) is 3.14. The molecular formula is C20H19NO5. The number of aromatic amines is 1. The Hall–Kier alpha value is -3.15. The van der Waals surface area contributed by atoms with Crippen molar-refractivity contribution in [1.29, 1.82) is 0 Å². The summed E-state index contributed by atoms with van der Waals surface area (Å²) in [4.78, 5) is 15.7. The van der Waals surface area contributed by atoms with Crippen LogP contribution in [0.15, 0.2) is 36.4 Å². The maximum absolute atomic E-state index is 12.5. The SMILES string of the molecule is CCOC(=O)c1[nH]c2ccc(OCC)cc2c1-c1ccc2c(c1)OCO2. The number of hydrogen-bond donors (Lipinski definition) is 1. The summed E-state index contributed by atoms with van der Waals surface area (Å²) in [5.74, 6) is 1.71. The Balaban J connectivity index is 1.92. The summed E-state index contributed by atoms with van der Waals surface area (Å²) < 4.78 is 21.7. The molecule has 6 nitrogen and oxygen atoms in total. The second-order valence-corrected chi connectivity index (χ2v) is 5.80. The van der Waals surface area contributed by atoms with Crippen LogP contribution in [0.2, 0.25) is 0 Å². The van der Waals surface area contributed by atoms with Gasteiger partial charge in [0.25, 0.3) is 0 Å². The number of carbonyl (C=O) groups is 1. The van der Waals surface area contributed by atoms with Gasteiger partial charge in [-0.3, -0.25) is 0 Å². The van der Waals surface area contributed by atoms with Crippen molar-refractivity contribution in [2.75, 3.05) is 20.0 Å². The largest absolute Gasteiger partial charge is 0.494 e. The van der Waals surface area contributed by atoms with Crippen molar-refractivity contribution in [3.63, 3.8) is 0 Å². The van der Waals surface area contributed by atoms with Gasteiger partial charge in [-0.1, -0.05) is 6.07 Å². The van der Waals surface area contributed by atoms with Crippen LogP contribution in [-0.4, -0.2) is 31.0 Å². The molecule has 1 aliphatic heterocycles. The summed E-state index contributed by atoms with van der Waals surface area (Å²) in [7, 11) is 0. The van der Waals surface area contributed by atoms with E-state index in [9.17, 15) is 4.79 Å². The van der Waals surface area contributed by atoms with Gasteiger partial charge in [-0.05, 0) is 49.7 Å². The van der Waals surface area contributed by atoms with E-state index in [1.165, 1.54) is 0 Å². The quantitative estimate of drug-likeness (QED) is 0.698. The second-order valence-electron chi connectivity index (χ2n) is 5.80. The molecule has 134 valence electrons. The van der Waals surface area contributed by atoms with E-state index in [0.29, 0.717) is 30.4 Å². The summed E-state index contributed by atoms with van der Waals surface area (Å²) in [6, 6.07) is 11.3. The van der Waals surface area contributed by atoms with Crippen LogP contribution in [0.1, 0.15) is 24.3 Å². The summed E-state index contributed by atoms with van der Waals surface area (Å²) in [5.41, 5.74) is 2.86. The van der Waals surface area contributed by atoms with Gasteiger partial charge in [-0.2, -0.15) is 0 Å². The smallest absolute Gasteiger partial charge is 0.355 e. The molecule has 0 unspecified atom stereocenters. The molecule has 3 aromatic rings. The lowest BCUT2D eigenvalue weighted by Gasteiger charge is -2.07. The number of benzene rings is 2. The molecule has 0 radical (unpaired) electrons. The van der Waals surface area contributed by atoms with E-state index < -0.39 is 5.97 Å². The Morgan fingerprint density at radius 3 is 2.73 bits per heavy atom. The third kappa shape index (κ3) is 2.73. The van der Waals surface area contributed by atoms with Crippen molar-refractivity contribution in [3.8, 4) is 28.4 Å². The standard InChI is InChI=1S/C20H19NO5/c1-3-23-13-6-7-15-14(10-13)18(19(21-15)20(22)24-4-2)12-5-8-16-17(9-12)26-11-25-16/h5-10,21H,3-4,11H2,1-2H3. The Morgan fingerprint density at radius 1 is 1.08 bits per heavy atom. The van der Waals surface area contributed by atoms with Gasteiger partial charge in [-0.25, -0.2) is 4.79 Å². The molecule has 26 heavy (non-hydrogen) atoms. The van der Waals surface area contributed by atoms with E-state index in [1.54, 1.807) is 6.92 Å². The van der Waals surface area contributed by atoms with Gasteiger partial charge in [-0.15, -0.1) is 0 Å². The minimum Gasteiger partial charge on any atom is -0.494 e. The summed E-state index contributed by atoms with van der Waals surface area (Å²) in [6.07, 6.45) is 0. The Labute approximate surface area is 150 Å². The fraction of sp³-hybridized carbons (Fsp3) is 0.250. The van der Waals surface area contributed by atoms with Crippen LogP contribution >= 0.6 is 0 Å². The average Bonchev–Trinajstić information content (AvgIpc) is 3.25. The van der Waals surface area contributed by atoms with Gasteiger partial charge in [0.1, 0.15) is 11.4 Å². The first kappa shape index (κ1) is 16.3. The van der Waals surface area contributed by atoms with E-state index in [-0.39, 0.29) is 6.79 Å². The van der Waals surface area contributed by atoms with Crippen LogP contribution in [0, 0.1) is 0 Å². The first-order valence-electron chi connectivity index (χ1n) is 8.57. The van der Waals surface area contributed by atoms with E-state index in [0.717, 1.165) is 27.8 Å². The summed E-state index contributed by atoms with van der Waals surface area (Å²) >= 11 is 0. The normalized spacial score (nSPS) is 12.4. The Kier molecular flexibility index (Phi) is 4.16. The van der Waals surface area contributed by atoms with Crippen molar-refractivity contribution in [2.45, 2.75) is 13.8 Å². The number of nitrogens with one attached hydrogen (secondary N) is 1. The van der Waals surface area contributed by atoms with Crippen LogP contribution in [0.25, 0.3) is 22.0 Å². The molecule has 1 aromatic heterocycles. The van der Waals surface area contributed by atoms with Crippen LogP contribution in [0.3, 0.4) is 0 Å². The molecule has 1 N–H and O–H groups in total. The van der Waals surface area contributed by atoms with E-state index in [2.05, 4.69) is 4.98 Å². The Bertz CT molecular complexity index is 976. The first-order valence-corrected chi connectivity index (χ1v) is 8.57. The predicted molar refractivity (Wildman–Crippen MR) is 97.0 cm³/mol. The minimum atomic E-state index is -0.394. The maximum Gasteiger partial charge on any atom is 0.355 e. The highest BCUT2D eigenvalue weighted by Crippen LogP contribution is 2.40. The average molecular weight is 353 g/mol. The van der Waals surface area contributed by atoms with Gasteiger partial charge in [0.15, 0.2) is 11.5 Å². The summed E-state index contributed by atoms with van der Waals surface area (Å²) in [5, 5.41) is 0.887. The number of carbonyl (C=O) groups excluding carboxylic acids is 1. The van der Waals surface area contributed by atoms with Crippen molar-refractivity contribution >= 4 is 16.9 Å². The lowest BCUT2D eigenvalue weighted by molar-refractivity contribution is 0.0521. The van der Waals surface area contributed by atoms with Crippen LogP contribution < -0.4 is 14.2 Å². The van der Waals surface area contributed by atoms with Crippen molar-refractivity contribution in [2.24, 2.45) is 0 Å². The molecular weight excluding hydrogens is 334 g/mol. The van der Waals surface area contributed by atoms with Gasteiger partial charge >= 0.3 is 5.97 Å². The molecule has 4 rings (SSSR count). The van der Waals surface area contributed by atoms with Crippen molar-refractivity contribution in [3.05, 3.63) is 42.1 Å². The third-order valence-corrected chi connectivity index (χ3v) is 4.22. The number of ether oxygens (including phenoxy) is 4. The van der Waals surface area contributed by atoms with Crippen LogP contribution in [-0.2, 0) is 4.74 Å². The highest BCUT2D eigenvalue weighted by molar-refractivity contribution is 6.08. The van der Waals surface area contributed by atoms with Gasteiger partial charge in [0.2, 0.25) is 6.79 Å². The number of H-pyrrole nitrogens is 1. The van der Waals surface area contributed by atoms with Crippen molar-refractivity contribution < 1.29 is 23.7 Å². The molecule has 0 aliphatic carbocycles. The second kappa shape index (κ2) is 6.63. The lowest BCUT2D eigenvalue weighted by Crippen LogP contribution is -2.06. The molecule has 0 atom stereocenters. The fourth-order valence-electron chi connectivity index (χ4n) is 3.14. The first-order chi connectivity index (χ1) is 12.7. The minimum absolute atomic E-state index is 0.200. The number of fused-ring (bicyclic) bond motifs is 2. The number of rotatable bonds is 5. The summed E-state index contributed by atoms with van der Waals surface area (Å²) in [6.45, 7) is 4.79. The molecule has 2 heterocycles. The highest BCUT2D eigenvalue weighted by atomic mass is 16.7. The van der Waals surface area contributed by atoms with E-state index >= 15 is 0 Å². The van der Waals surface area contributed by atoms with E-state index in [1.807, 2.05) is 43.3 Å². The molecule has 1 aliphatic rings. The molecule has 0 amide bonds. The molecule has 0 saturated heterocycles. The number of hydrogen-bond acceptors (Lipinski definition) is 5.